The van der Waals surface area contributed by atoms with Gasteiger partial charge in [-0.3, -0.25) is 4.79 Å². The zero-order chi connectivity index (χ0) is 10.6. The number of hydrogen-bond donors (Lipinski definition) is 3. The summed E-state index contributed by atoms with van der Waals surface area (Å²) in [5, 5.41) is 11.8. The van der Waals surface area contributed by atoms with E-state index in [1.165, 1.54) is 0 Å². The first-order chi connectivity index (χ1) is 6.65. The zero-order valence-corrected chi connectivity index (χ0v) is 8.70. The van der Waals surface area contributed by atoms with Gasteiger partial charge >= 0.3 is 0 Å². The fourth-order valence-corrected chi connectivity index (χ4v) is 2.04. The van der Waals surface area contributed by atoms with Crippen LogP contribution in [0.15, 0.2) is 0 Å². The summed E-state index contributed by atoms with van der Waals surface area (Å²) >= 11 is 0. The van der Waals surface area contributed by atoms with Crippen LogP contribution in [0.5, 0.6) is 0 Å². The molecule has 0 radical (unpaired) electrons. The average molecular weight is 200 g/mol. The third kappa shape index (κ3) is 2.96. The monoisotopic (exact) mass is 200 g/mol. The van der Waals surface area contributed by atoms with Gasteiger partial charge in [0.25, 0.3) is 0 Å². The van der Waals surface area contributed by atoms with Crippen molar-refractivity contribution in [3.63, 3.8) is 0 Å². The van der Waals surface area contributed by atoms with Gasteiger partial charge in [-0.25, -0.2) is 0 Å². The van der Waals surface area contributed by atoms with Crippen LogP contribution >= 0.6 is 0 Å². The number of rotatable bonds is 4. The van der Waals surface area contributed by atoms with Crippen LogP contribution in [0.1, 0.15) is 26.2 Å². The maximum atomic E-state index is 11.6. The smallest absolute Gasteiger partial charge is 0.223 e. The lowest BCUT2D eigenvalue weighted by Crippen LogP contribution is -2.38. The molecule has 4 N–H and O–H groups in total. The van der Waals surface area contributed by atoms with Gasteiger partial charge < -0.3 is 16.2 Å². The van der Waals surface area contributed by atoms with Crippen LogP contribution in [0, 0.1) is 11.8 Å². The number of amides is 1. The summed E-state index contributed by atoms with van der Waals surface area (Å²) in [4.78, 5) is 11.6. The van der Waals surface area contributed by atoms with E-state index in [1.54, 1.807) is 6.92 Å². The second-order valence-electron chi connectivity index (χ2n) is 4.13. The van der Waals surface area contributed by atoms with Crippen LogP contribution in [0.25, 0.3) is 0 Å². The first-order valence-electron chi connectivity index (χ1n) is 5.31. The fraction of sp³-hybridized carbons (Fsp3) is 0.900. The van der Waals surface area contributed by atoms with Gasteiger partial charge in [0.15, 0.2) is 0 Å². The number of aliphatic hydroxyl groups is 1. The molecule has 1 rings (SSSR count). The van der Waals surface area contributed by atoms with Crippen molar-refractivity contribution in [2.45, 2.75) is 32.3 Å². The number of hydrogen-bond acceptors (Lipinski definition) is 3. The minimum atomic E-state index is -0.475. The Labute approximate surface area is 84.9 Å². The highest BCUT2D eigenvalue weighted by Crippen LogP contribution is 2.30. The molecule has 1 amide bonds. The predicted molar refractivity (Wildman–Crippen MR) is 54.6 cm³/mol. The minimum absolute atomic E-state index is 0.0545. The molecule has 1 aliphatic carbocycles. The van der Waals surface area contributed by atoms with Crippen molar-refractivity contribution < 1.29 is 9.90 Å². The summed E-state index contributed by atoms with van der Waals surface area (Å²) < 4.78 is 0. The van der Waals surface area contributed by atoms with Gasteiger partial charge in [-0.15, -0.1) is 0 Å². The molecule has 4 nitrogen and oxygen atoms in total. The number of nitrogens with two attached hydrogens (primary N) is 1. The largest absolute Gasteiger partial charge is 0.392 e. The Bertz CT molecular complexity index is 195. The molecule has 0 aliphatic heterocycles. The first-order valence-corrected chi connectivity index (χ1v) is 5.31. The quantitative estimate of drug-likeness (QED) is 0.591. The Morgan fingerprint density at radius 1 is 1.64 bits per heavy atom. The number of aliphatic hydroxyl groups excluding tert-OH is 1. The van der Waals surface area contributed by atoms with E-state index >= 15 is 0 Å². The van der Waals surface area contributed by atoms with Crippen LogP contribution in [-0.4, -0.2) is 30.2 Å². The molecule has 1 saturated carbocycles. The molecule has 2 unspecified atom stereocenters. The van der Waals surface area contributed by atoms with E-state index in [1.807, 2.05) is 0 Å². The fourth-order valence-electron chi connectivity index (χ4n) is 2.04. The van der Waals surface area contributed by atoms with Gasteiger partial charge in [0, 0.05) is 12.5 Å². The molecule has 0 aromatic rings. The molecule has 82 valence electrons. The average Bonchev–Trinajstić information content (AvgIpc) is 2.61. The van der Waals surface area contributed by atoms with Crippen LogP contribution in [-0.2, 0) is 4.79 Å². The predicted octanol–water partition coefficient (Wildman–Crippen LogP) is -0.142. The minimum Gasteiger partial charge on any atom is -0.392 e. The summed E-state index contributed by atoms with van der Waals surface area (Å²) in [5.41, 5.74) is 5.59. The van der Waals surface area contributed by atoms with E-state index in [0.717, 1.165) is 19.3 Å². The molecule has 0 heterocycles. The highest BCUT2D eigenvalue weighted by Gasteiger charge is 2.31. The Morgan fingerprint density at radius 3 is 2.93 bits per heavy atom. The molecule has 3 atom stereocenters. The molecular weight excluding hydrogens is 180 g/mol. The van der Waals surface area contributed by atoms with E-state index in [9.17, 15) is 4.79 Å². The van der Waals surface area contributed by atoms with E-state index in [-0.39, 0.29) is 11.8 Å². The summed E-state index contributed by atoms with van der Waals surface area (Å²) in [6, 6.07) is 0. The molecule has 0 spiro atoms. The van der Waals surface area contributed by atoms with Crippen molar-refractivity contribution in [1.82, 2.24) is 5.32 Å². The van der Waals surface area contributed by atoms with E-state index in [0.29, 0.717) is 19.0 Å². The molecule has 4 heteroatoms. The topological polar surface area (TPSA) is 75.3 Å². The highest BCUT2D eigenvalue weighted by molar-refractivity contribution is 5.79. The first kappa shape index (κ1) is 11.5. The second kappa shape index (κ2) is 5.32. The summed E-state index contributed by atoms with van der Waals surface area (Å²) in [6.07, 6.45) is 2.61. The number of nitrogens with one attached hydrogen (secondary N) is 1. The van der Waals surface area contributed by atoms with Crippen molar-refractivity contribution in [3.8, 4) is 0 Å². The van der Waals surface area contributed by atoms with Crippen LogP contribution in [0.3, 0.4) is 0 Å². The molecule has 0 aromatic heterocycles. The lowest BCUT2D eigenvalue weighted by atomic mass is 9.95. The van der Waals surface area contributed by atoms with Crippen molar-refractivity contribution in [3.05, 3.63) is 0 Å². The van der Waals surface area contributed by atoms with Crippen LogP contribution in [0.2, 0.25) is 0 Å². The lowest BCUT2D eigenvalue weighted by Gasteiger charge is -2.17. The Morgan fingerprint density at radius 2 is 2.36 bits per heavy atom. The highest BCUT2D eigenvalue weighted by atomic mass is 16.3. The van der Waals surface area contributed by atoms with Crippen molar-refractivity contribution in [2.24, 2.45) is 17.6 Å². The number of carbonyl (C=O) groups is 1. The van der Waals surface area contributed by atoms with Crippen LogP contribution in [0.4, 0.5) is 0 Å². The molecular formula is C10H20N2O2. The second-order valence-corrected chi connectivity index (χ2v) is 4.13. The molecule has 0 saturated heterocycles. The number of carbonyl (C=O) groups excluding carboxylic acids is 1. The maximum Gasteiger partial charge on any atom is 0.223 e. The molecule has 14 heavy (non-hydrogen) atoms. The molecule has 0 aromatic carbocycles. The van der Waals surface area contributed by atoms with Gasteiger partial charge in [0.2, 0.25) is 5.91 Å². The third-order valence-corrected chi connectivity index (χ3v) is 2.87. The van der Waals surface area contributed by atoms with Crippen molar-refractivity contribution in [2.75, 3.05) is 13.1 Å². The maximum absolute atomic E-state index is 11.6. The van der Waals surface area contributed by atoms with Crippen molar-refractivity contribution in [1.29, 1.82) is 0 Å². The van der Waals surface area contributed by atoms with E-state index < -0.39 is 6.10 Å². The normalized spacial score (nSPS) is 28.8. The molecule has 0 bridgehead atoms. The van der Waals surface area contributed by atoms with Gasteiger partial charge in [0.1, 0.15) is 0 Å². The van der Waals surface area contributed by atoms with E-state index in [4.69, 9.17) is 10.8 Å². The lowest BCUT2D eigenvalue weighted by molar-refractivity contribution is -0.126. The van der Waals surface area contributed by atoms with Crippen LogP contribution < -0.4 is 11.1 Å². The Hall–Kier alpha value is -0.610. The van der Waals surface area contributed by atoms with Gasteiger partial charge in [0.05, 0.1) is 6.10 Å². The zero-order valence-electron chi connectivity index (χ0n) is 8.70. The standard InChI is InChI=1S/C10H20N2O2/c1-7(13)6-12-10(14)9-4-2-3-8(9)5-11/h7-9,13H,2-6,11H2,1H3,(H,12,14)/t7-,8?,9?/m0/s1. The SMILES string of the molecule is C[C@H](O)CNC(=O)C1CCCC1CN. The third-order valence-electron chi connectivity index (χ3n) is 2.87. The van der Waals surface area contributed by atoms with Crippen molar-refractivity contribution >= 4 is 5.91 Å². The Kier molecular flexibility index (Phi) is 4.35. The molecule has 1 fully saturated rings. The van der Waals surface area contributed by atoms with Gasteiger partial charge in [-0.05, 0) is 32.2 Å². The van der Waals surface area contributed by atoms with Gasteiger partial charge in [-0.1, -0.05) is 6.42 Å². The summed E-state index contributed by atoms with van der Waals surface area (Å²) in [7, 11) is 0. The van der Waals surface area contributed by atoms with Gasteiger partial charge in [-0.2, -0.15) is 0 Å². The summed E-state index contributed by atoms with van der Waals surface area (Å²) in [6.45, 7) is 2.59. The Balaban J connectivity index is 2.35. The molecule has 1 aliphatic rings. The van der Waals surface area contributed by atoms with E-state index in [2.05, 4.69) is 5.32 Å². The summed E-state index contributed by atoms with van der Waals surface area (Å²) in [5.74, 6) is 0.460.